The summed E-state index contributed by atoms with van der Waals surface area (Å²) >= 11 is 0. The van der Waals surface area contributed by atoms with Gasteiger partial charge in [-0.25, -0.2) is 0 Å². The van der Waals surface area contributed by atoms with Crippen LogP contribution < -0.4 is 0 Å². The molecule has 0 radical (unpaired) electrons. The third kappa shape index (κ3) is 23.7. The molecule has 0 saturated carbocycles. The van der Waals surface area contributed by atoms with Gasteiger partial charge in [0, 0.05) is 19.3 Å². The molecule has 536 valence electrons. The van der Waals surface area contributed by atoms with Crippen molar-refractivity contribution in [3.63, 3.8) is 0 Å². The molecule has 92 heavy (non-hydrogen) atoms. The Morgan fingerprint density at radius 3 is 1.42 bits per heavy atom. The number of carbonyl (C=O) groups is 3. The van der Waals surface area contributed by atoms with Crippen molar-refractivity contribution in [3.05, 3.63) is 0 Å². The molecular weight excluding hydrogens is 1200 g/mol. The van der Waals surface area contributed by atoms with E-state index in [2.05, 4.69) is 20.8 Å². The van der Waals surface area contributed by atoms with Gasteiger partial charge in [-0.3, -0.25) is 14.4 Å². The van der Waals surface area contributed by atoms with E-state index >= 15 is 0 Å². The minimum absolute atomic E-state index is 0.0200. The molecule has 0 amide bonds. The average molecular weight is 1320 g/mol. The highest BCUT2D eigenvalue weighted by Gasteiger charge is 2.58. The van der Waals surface area contributed by atoms with Gasteiger partial charge in [0.05, 0.1) is 36.6 Å². The number of esters is 3. The first kappa shape index (κ1) is 78.7. The summed E-state index contributed by atoms with van der Waals surface area (Å²) in [6.07, 6.45) is -12.3. The Kier molecular flexibility index (Phi) is 35.2. The first-order valence-electron chi connectivity index (χ1n) is 35.8. The van der Waals surface area contributed by atoms with Gasteiger partial charge in [-0.05, 0) is 66.7 Å². The Balaban J connectivity index is 1.30. The van der Waals surface area contributed by atoms with Crippen LogP contribution in [0.2, 0.25) is 0 Å². The van der Waals surface area contributed by atoms with Crippen LogP contribution in [0.5, 0.6) is 0 Å². The number of hydrogen-bond acceptors (Lipinski definition) is 24. The molecule has 6 aliphatic rings. The fourth-order valence-corrected chi connectivity index (χ4v) is 13.3. The van der Waals surface area contributed by atoms with Gasteiger partial charge in [-0.15, -0.1) is 0 Å². The molecule has 0 bridgehead atoms. The standard InChI is InChI=1S/C68H120O24/c1-9-12-15-17-19-20-24-28-32-37-46(69)86-57-42(6)82-65(55(78)53(57)76)90-59-44(8)84-68(63(88-48(71)39-34-27-22-18-16-13-10-2)62(59)92-64-54(77)51(74)49(72)40(4)80-64)89-58-43(7)83-67-61(56(58)79)87-47(70)38-33-29-25-21-23-26-31-36-45(35-30-14-11-3)85-66-60(91-67)52(75)50(73)41(5)81-66/h40-45,49-68,72-79H,9-39H2,1-8H3/t40-,41+,42-,43-,44-,45?,49-,50-,51+,52-,53-,54+,55+,56+,57-,58-,59-,60+,61+,62+,63+,64-,65-,66-,67-,68-/m0/s1. The molecule has 6 fully saturated rings. The van der Waals surface area contributed by atoms with Crippen molar-refractivity contribution in [2.24, 2.45) is 0 Å². The van der Waals surface area contributed by atoms with Crippen molar-refractivity contribution in [2.75, 3.05) is 0 Å². The summed E-state index contributed by atoms with van der Waals surface area (Å²) in [6, 6.07) is 0. The summed E-state index contributed by atoms with van der Waals surface area (Å²) in [5.41, 5.74) is 0. The number of aliphatic hydroxyl groups is 8. The van der Waals surface area contributed by atoms with E-state index in [1.807, 2.05) is 0 Å². The van der Waals surface area contributed by atoms with E-state index in [-0.39, 0.29) is 25.4 Å². The molecule has 0 aliphatic carbocycles. The quantitative estimate of drug-likeness (QED) is 0.0197. The van der Waals surface area contributed by atoms with Crippen LogP contribution in [0.1, 0.15) is 254 Å². The lowest BCUT2D eigenvalue weighted by Crippen LogP contribution is -2.68. The van der Waals surface area contributed by atoms with Crippen molar-refractivity contribution < 1.29 is 117 Å². The summed E-state index contributed by atoms with van der Waals surface area (Å²) in [5.74, 6) is -2.00. The van der Waals surface area contributed by atoms with Crippen molar-refractivity contribution in [1.29, 1.82) is 0 Å². The zero-order valence-corrected chi connectivity index (χ0v) is 56.5. The lowest BCUT2D eigenvalue weighted by atomic mass is 9.95. The van der Waals surface area contributed by atoms with E-state index in [4.69, 9.17) is 61.6 Å². The number of rotatable bonds is 30. The number of carbonyl (C=O) groups excluding carboxylic acids is 3. The van der Waals surface area contributed by atoms with E-state index in [1.54, 1.807) is 20.8 Å². The van der Waals surface area contributed by atoms with Crippen molar-refractivity contribution in [1.82, 2.24) is 0 Å². The Labute approximate surface area is 546 Å². The van der Waals surface area contributed by atoms with Crippen molar-refractivity contribution in [2.45, 2.75) is 414 Å². The van der Waals surface area contributed by atoms with Crippen LogP contribution in [0.25, 0.3) is 0 Å². The van der Waals surface area contributed by atoms with Gasteiger partial charge in [0.25, 0.3) is 0 Å². The molecule has 24 heteroatoms. The third-order valence-electron chi connectivity index (χ3n) is 19.1. The zero-order valence-electron chi connectivity index (χ0n) is 56.5. The number of aliphatic hydroxyl groups excluding tert-OH is 8. The second kappa shape index (κ2) is 41.2. The summed E-state index contributed by atoms with van der Waals surface area (Å²) < 4.78 is 82.8. The van der Waals surface area contributed by atoms with Crippen LogP contribution in [-0.2, 0) is 76.0 Å². The molecule has 6 aliphatic heterocycles. The van der Waals surface area contributed by atoms with Gasteiger partial charge < -0.3 is 102 Å². The molecule has 0 aromatic heterocycles. The minimum atomic E-state index is -1.90. The fourth-order valence-electron chi connectivity index (χ4n) is 13.3. The van der Waals surface area contributed by atoms with Crippen LogP contribution in [0.15, 0.2) is 0 Å². The molecular formula is C68H120O24. The summed E-state index contributed by atoms with van der Waals surface area (Å²) in [7, 11) is 0. The third-order valence-corrected chi connectivity index (χ3v) is 19.1. The van der Waals surface area contributed by atoms with E-state index in [9.17, 15) is 55.2 Å². The van der Waals surface area contributed by atoms with E-state index in [0.29, 0.717) is 32.1 Å². The predicted octanol–water partition coefficient (Wildman–Crippen LogP) is 7.43. The first-order valence-corrected chi connectivity index (χ1v) is 35.8. The van der Waals surface area contributed by atoms with Gasteiger partial charge in [0.15, 0.2) is 49.8 Å². The smallest absolute Gasteiger partial charge is 0.306 e. The van der Waals surface area contributed by atoms with Gasteiger partial charge in [0.1, 0.15) is 73.2 Å². The molecule has 1 unspecified atom stereocenters. The van der Waals surface area contributed by atoms with E-state index in [1.165, 1.54) is 39.5 Å². The van der Waals surface area contributed by atoms with E-state index < -0.39 is 171 Å². The van der Waals surface area contributed by atoms with Crippen LogP contribution in [-0.4, -0.2) is 218 Å². The number of fused-ring (bicyclic) bond motifs is 2. The lowest BCUT2D eigenvalue weighted by molar-refractivity contribution is -0.399. The number of hydrogen-bond donors (Lipinski definition) is 8. The Morgan fingerprint density at radius 2 is 0.815 bits per heavy atom. The zero-order chi connectivity index (χ0) is 66.9. The highest BCUT2D eigenvalue weighted by atomic mass is 16.8. The van der Waals surface area contributed by atoms with Crippen LogP contribution in [0.4, 0.5) is 0 Å². The molecule has 26 atom stereocenters. The Morgan fingerprint density at radius 1 is 0.380 bits per heavy atom. The van der Waals surface area contributed by atoms with Crippen LogP contribution in [0.3, 0.4) is 0 Å². The van der Waals surface area contributed by atoms with Crippen LogP contribution >= 0.6 is 0 Å². The largest absolute Gasteiger partial charge is 0.457 e. The molecule has 8 N–H and O–H groups in total. The molecule has 6 heterocycles. The Hall–Kier alpha value is -2.31. The molecule has 0 spiro atoms. The molecule has 6 rings (SSSR count). The number of ether oxygens (including phenoxy) is 13. The maximum Gasteiger partial charge on any atom is 0.306 e. The van der Waals surface area contributed by atoms with Gasteiger partial charge in [-0.2, -0.15) is 0 Å². The lowest BCUT2D eigenvalue weighted by Gasteiger charge is -2.51. The molecule has 0 aromatic rings. The fraction of sp³-hybridized carbons (Fsp3) is 0.956. The van der Waals surface area contributed by atoms with E-state index in [0.717, 1.165) is 122 Å². The number of unbranched alkanes of at least 4 members (excludes halogenated alkanes) is 16. The Bertz CT molecular complexity index is 2060. The van der Waals surface area contributed by atoms with Gasteiger partial charge in [-0.1, -0.05) is 168 Å². The highest BCUT2D eigenvalue weighted by molar-refractivity contribution is 5.70. The normalized spacial score (nSPS) is 39.7. The second-order valence-corrected chi connectivity index (χ2v) is 27.0. The maximum absolute atomic E-state index is 14.3. The maximum atomic E-state index is 14.3. The van der Waals surface area contributed by atoms with Crippen molar-refractivity contribution >= 4 is 17.9 Å². The van der Waals surface area contributed by atoms with Gasteiger partial charge in [0.2, 0.25) is 0 Å². The van der Waals surface area contributed by atoms with Gasteiger partial charge >= 0.3 is 17.9 Å². The molecule has 6 saturated heterocycles. The highest BCUT2D eigenvalue weighted by Crippen LogP contribution is 2.40. The second-order valence-electron chi connectivity index (χ2n) is 27.0. The summed E-state index contributed by atoms with van der Waals surface area (Å²) in [4.78, 5) is 41.4. The molecule has 24 nitrogen and oxygen atoms in total. The first-order chi connectivity index (χ1) is 44.2. The SMILES string of the molecule is CCCCCCCCCCCC(=O)O[C@@H]1[C@@H](O)[C@@H](O)[C@H](O[C@@H]2[C@@H](O[C@@H]3O[C@@H](C)[C@H](O)[C@@H](O)[C@H]3O)[C@@H](OC(=O)CCCCCCCCC)[C@H](O[C@@H]3[C@@H](O)[C@H]4OC(=O)CCCCCCCCCC(CCCCC)O[C@@H]5O[C@H](C)[C@H](O)[C@H](O)[C@H]5O[C@@H]4O[C@H]3C)O[C@H]2C)O[C@H]1C. The minimum Gasteiger partial charge on any atom is -0.457 e. The summed E-state index contributed by atoms with van der Waals surface area (Å²) in [5, 5.41) is 92.5. The predicted molar refractivity (Wildman–Crippen MR) is 334 cm³/mol. The monoisotopic (exact) mass is 1320 g/mol. The topological polar surface area (TPSA) is 333 Å². The van der Waals surface area contributed by atoms with Crippen LogP contribution in [0, 0.1) is 0 Å². The average Bonchev–Trinajstić information content (AvgIpc) is 0.775. The van der Waals surface area contributed by atoms with Crippen molar-refractivity contribution in [3.8, 4) is 0 Å². The summed E-state index contributed by atoms with van der Waals surface area (Å²) in [6.45, 7) is 14.1. The molecule has 0 aromatic carbocycles.